The summed E-state index contributed by atoms with van der Waals surface area (Å²) in [6.07, 6.45) is 1.66. The number of hydrogen-bond acceptors (Lipinski definition) is 4. The molecule has 0 fully saturated rings. The maximum atomic E-state index is 6.02. The van der Waals surface area contributed by atoms with E-state index in [1.54, 1.807) is 13.3 Å². The van der Waals surface area contributed by atoms with E-state index in [2.05, 4.69) is 22.3 Å². The van der Waals surface area contributed by atoms with E-state index in [0.717, 1.165) is 30.3 Å². The Hall–Kier alpha value is -1.37. The van der Waals surface area contributed by atoms with Crippen LogP contribution in [0.15, 0.2) is 6.20 Å². The minimum atomic E-state index is 0.619. The number of hydrogen-bond donors (Lipinski definition) is 1. The first-order chi connectivity index (χ1) is 10.0. The summed E-state index contributed by atoms with van der Waals surface area (Å²) in [6.45, 7) is 7.06. The zero-order chi connectivity index (χ0) is 15.4. The number of aromatic nitrogens is 4. The van der Waals surface area contributed by atoms with Crippen molar-refractivity contribution < 1.29 is 4.74 Å². The zero-order valence-electron chi connectivity index (χ0n) is 13.0. The van der Waals surface area contributed by atoms with Crippen molar-refractivity contribution in [2.45, 2.75) is 26.9 Å². The molecule has 0 aromatic carbocycles. The molecule has 0 spiro atoms. The van der Waals surface area contributed by atoms with Crippen molar-refractivity contribution in [2.75, 3.05) is 20.3 Å². The highest BCUT2D eigenvalue weighted by atomic mass is 35.5. The summed E-state index contributed by atoms with van der Waals surface area (Å²) < 4.78 is 8.88. The predicted molar refractivity (Wildman–Crippen MR) is 82.6 cm³/mol. The van der Waals surface area contributed by atoms with Crippen molar-refractivity contribution in [1.82, 2.24) is 24.6 Å². The Balaban J connectivity index is 2.09. The summed E-state index contributed by atoms with van der Waals surface area (Å²) in [5.74, 6) is 0.893. The largest absolute Gasteiger partial charge is 0.383 e. The van der Waals surface area contributed by atoms with Crippen LogP contribution in [0, 0.1) is 13.8 Å². The van der Waals surface area contributed by atoms with E-state index < -0.39 is 0 Å². The van der Waals surface area contributed by atoms with E-state index in [4.69, 9.17) is 16.3 Å². The molecule has 0 aliphatic rings. The van der Waals surface area contributed by atoms with Crippen molar-refractivity contribution >= 4 is 11.6 Å². The van der Waals surface area contributed by atoms with Crippen molar-refractivity contribution in [3.8, 4) is 0 Å². The molecule has 2 heterocycles. The second kappa shape index (κ2) is 7.06. The number of methoxy groups -OCH3 is 1. The van der Waals surface area contributed by atoms with Crippen LogP contribution in [0.3, 0.4) is 0 Å². The summed E-state index contributed by atoms with van der Waals surface area (Å²) in [6, 6.07) is 0. The summed E-state index contributed by atoms with van der Waals surface area (Å²) in [5, 5.41) is 8.59. The van der Waals surface area contributed by atoms with Crippen LogP contribution < -0.4 is 5.32 Å². The molecule has 0 atom stereocenters. The summed E-state index contributed by atoms with van der Waals surface area (Å²) in [7, 11) is 3.61. The minimum absolute atomic E-state index is 0.619. The molecule has 2 aromatic heterocycles. The second-order valence-corrected chi connectivity index (χ2v) is 5.42. The lowest BCUT2D eigenvalue weighted by Gasteiger charge is -2.07. The van der Waals surface area contributed by atoms with E-state index in [0.29, 0.717) is 18.3 Å². The Morgan fingerprint density at radius 3 is 2.76 bits per heavy atom. The fourth-order valence-corrected chi connectivity index (χ4v) is 2.38. The molecule has 1 N–H and O–H groups in total. The van der Waals surface area contributed by atoms with E-state index in [1.807, 2.05) is 23.2 Å². The Labute approximate surface area is 130 Å². The highest BCUT2D eigenvalue weighted by Gasteiger charge is 2.13. The molecule has 0 aliphatic heterocycles. The van der Waals surface area contributed by atoms with Crippen LogP contribution in [0.25, 0.3) is 0 Å². The van der Waals surface area contributed by atoms with Gasteiger partial charge in [0, 0.05) is 38.5 Å². The molecule has 6 nitrogen and oxygen atoms in total. The van der Waals surface area contributed by atoms with Gasteiger partial charge in [-0.05, 0) is 13.8 Å². The smallest absolute Gasteiger partial charge is 0.131 e. The monoisotopic (exact) mass is 311 g/mol. The van der Waals surface area contributed by atoms with Gasteiger partial charge in [0.15, 0.2) is 0 Å². The minimum Gasteiger partial charge on any atom is -0.383 e. The molecular weight excluding hydrogens is 290 g/mol. The SMILES string of the molecule is COCCNCc1c(C)nn(Cc2ncc(Cl)n2C)c1C. The van der Waals surface area contributed by atoms with Crippen LogP contribution in [0.5, 0.6) is 0 Å². The predicted octanol–water partition coefficient (Wildman–Crippen LogP) is 1.67. The van der Waals surface area contributed by atoms with Crippen LogP contribution >= 0.6 is 11.6 Å². The van der Waals surface area contributed by atoms with Gasteiger partial charge in [0.2, 0.25) is 0 Å². The highest BCUT2D eigenvalue weighted by molar-refractivity contribution is 6.29. The van der Waals surface area contributed by atoms with E-state index in [9.17, 15) is 0 Å². The lowest BCUT2D eigenvalue weighted by atomic mass is 10.2. The fourth-order valence-electron chi connectivity index (χ4n) is 2.24. The van der Waals surface area contributed by atoms with Gasteiger partial charge in [-0.2, -0.15) is 5.10 Å². The first-order valence-electron chi connectivity index (χ1n) is 6.93. The number of halogens is 1. The normalized spacial score (nSPS) is 11.3. The van der Waals surface area contributed by atoms with E-state index in [-0.39, 0.29) is 0 Å². The Morgan fingerprint density at radius 1 is 1.38 bits per heavy atom. The number of imidazole rings is 1. The Morgan fingerprint density at radius 2 is 2.14 bits per heavy atom. The average molecular weight is 312 g/mol. The first-order valence-corrected chi connectivity index (χ1v) is 7.31. The van der Waals surface area contributed by atoms with E-state index in [1.165, 1.54) is 5.56 Å². The van der Waals surface area contributed by atoms with Crippen molar-refractivity contribution in [3.63, 3.8) is 0 Å². The molecule has 0 amide bonds. The maximum absolute atomic E-state index is 6.02. The van der Waals surface area contributed by atoms with Crippen LogP contribution in [0.1, 0.15) is 22.8 Å². The number of aryl methyl sites for hydroxylation is 1. The first kappa shape index (κ1) is 16.0. The highest BCUT2D eigenvalue weighted by Crippen LogP contribution is 2.15. The third kappa shape index (κ3) is 3.64. The van der Waals surface area contributed by atoms with Gasteiger partial charge in [0.1, 0.15) is 11.0 Å². The van der Waals surface area contributed by atoms with Gasteiger partial charge in [-0.15, -0.1) is 0 Å². The molecule has 0 aliphatic carbocycles. The van der Waals surface area contributed by atoms with Crippen LogP contribution in [-0.2, 0) is 24.9 Å². The topological polar surface area (TPSA) is 56.9 Å². The second-order valence-electron chi connectivity index (χ2n) is 5.03. The van der Waals surface area contributed by atoms with Crippen LogP contribution in [-0.4, -0.2) is 39.6 Å². The molecule has 0 unspecified atom stereocenters. The van der Waals surface area contributed by atoms with Gasteiger partial charge in [0.05, 0.1) is 25.0 Å². The van der Waals surface area contributed by atoms with E-state index >= 15 is 0 Å². The van der Waals surface area contributed by atoms with Gasteiger partial charge in [-0.1, -0.05) is 11.6 Å². The molecule has 21 heavy (non-hydrogen) atoms. The lowest BCUT2D eigenvalue weighted by molar-refractivity contribution is 0.199. The van der Waals surface area contributed by atoms with Crippen molar-refractivity contribution in [1.29, 1.82) is 0 Å². The number of nitrogens with one attached hydrogen (secondary N) is 1. The average Bonchev–Trinajstić information content (AvgIpc) is 2.91. The maximum Gasteiger partial charge on any atom is 0.131 e. The number of nitrogens with zero attached hydrogens (tertiary/aromatic N) is 4. The number of ether oxygens (including phenoxy) is 1. The molecule has 2 rings (SSSR count). The van der Waals surface area contributed by atoms with Crippen LogP contribution in [0.4, 0.5) is 0 Å². The molecule has 7 heteroatoms. The standard InChI is InChI=1S/C14H22ClN5O/c1-10-12(7-16-5-6-21-4)11(2)20(18-10)9-14-17-8-13(15)19(14)3/h8,16H,5-7,9H2,1-4H3. The van der Waals surface area contributed by atoms with Crippen molar-refractivity contribution in [3.05, 3.63) is 34.1 Å². The quantitative estimate of drug-likeness (QED) is 0.790. The summed E-state index contributed by atoms with van der Waals surface area (Å²) >= 11 is 6.02. The zero-order valence-corrected chi connectivity index (χ0v) is 13.7. The van der Waals surface area contributed by atoms with Gasteiger partial charge in [-0.3, -0.25) is 4.68 Å². The number of rotatable bonds is 7. The molecule has 2 aromatic rings. The molecule has 116 valence electrons. The molecule has 0 saturated heterocycles. The molecule has 0 radical (unpaired) electrons. The lowest BCUT2D eigenvalue weighted by Crippen LogP contribution is -2.19. The summed E-state index contributed by atoms with van der Waals surface area (Å²) in [4.78, 5) is 4.32. The Kier molecular flexibility index (Phi) is 5.39. The third-order valence-corrected chi connectivity index (χ3v) is 3.99. The van der Waals surface area contributed by atoms with Gasteiger partial charge >= 0.3 is 0 Å². The molecule has 0 bridgehead atoms. The van der Waals surface area contributed by atoms with Crippen molar-refractivity contribution in [2.24, 2.45) is 7.05 Å². The van der Waals surface area contributed by atoms with Gasteiger partial charge in [-0.25, -0.2) is 4.98 Å². The van der Waals surface area contributed by atoms with Gasteiger partial charge in [0.25, 0.3) is 0 Å². The fraction of sp³-hybridized carbons (Fsp3) is 0.571. The molecule has 0 saturated carbocycles. The molecular formula is C14H22ClN5O. The van der Waals surface area contributed by atoms with Crippen LogP contribution in [0.2, 0.25) is 5.15 Å². The van der Waals surface area contributed by atoms with Gasteiger partial charge < -0.3 is 14.6 Å². The Bertz CT molecular complexity index is 605. The third-order valence-electron chi connectivity index (χ3n) is 3.63. The summed E-state index contributed by atoms with van der Waals surface area (Å²) in [5.41, 5.74) is 3.42.